The predicted molar refractivity (Wildman–Crippen MR) is 62.0 cm³/mol. The third kappa shape index (κ3) is 1.53. The molecule has 1 aliphatic rings. The number of aromatic amines is 1. The maximum atomic E-state index is 11.9. The number of H-pyrrole nitrogens is 1. The maximum absolute atomic E-state index is 11.9. The quantitative estimate of drug-likeness (QED) is 0.758. The molecule has 2 N–H and O–H groups in total. The Morgan fingerprint density at radius 1 is 1.39 bits per heavy atom. The first-order valence-corrected chi connectivity index (χ1v) is 5.63. The lowest BCUT2D eigenvalue weighted by molar-refractivity contribution is 0.0694. The Bertz CT molecular complexity index is 668. The highest BCUT2D eigenvalue weighted by Gasteiger charge is 2.19. The number of anilines is 1. The summed E-state index contributed by atoms with van der Waals surface area (Å²) in [4.78, 5) is 32.7. The van der Waals surface area contributed by atoms with Gasteiger partial charge in [0, 0.05) is 13.1 Å². The third-order valence-corrected chi connectivity index (χ3v) is 3.00. The van der Waals surface area contributed by atoms with E-state index in [-0.39, 0.29) is 11.3 Å². The van der Waals surface area contributed by atoms with Crippen molar-refractivity contribution in [2.24, 2.45) is 0 Å². The van der Waals surface area contributed by atoms with E-state index < -0.39 is 11.5 Å². The van der Waals surface area contributed by atoms with E-state index in [2.05, 4.69) is 15.1 Å². The fourth-order valence-corrected chi connectivity index (χ4v) is 2.06. The monoisotopic (exact) mass is 249 g/mol. The Kier molecular flexibility index (Phi) is 2.29. The van der Waals surface area contributed by atoms with Crippen LogP contribution in [0.5, 0.6) is 0 Å². The molecule has 0 atom stereocenters. The number of aromatic nitrogens is 4. The first-order valence-electron chi connectivity index (χ1n) is 5.63. The molecule has 0 spiro atoms. The van der Waals surface area contributed by atoms with Gasteiger partial charge in [0.05, 0.1) is 6.20 Å². The number of hydrogen-bond acceptors (Lipinski definition) is 5. The summed E-state index contributed by atoms with van der Waals surface area (Å²) in [7, 11) is 0. The van der Waals surface area contributed by atoms with Gasteiger partial charge in [-0.05, 0) is 12.8 Å². The van der Waals surface area contributed by atoms with Crippen LogP contribution in [0.1, 0.15) is 23.2 Å². The summed E-state index contributed by atoms with van der Waals surface area (Å²) >= 11 is 0. The summed E-state index contributed by atoms with van der Waals surface area (Å²) in [6, 6.07) is 0. The minimum atomic E-state index is -1.29. The van der Waals surface area contributed by atoms with Crippen LogP contribution in [0.4, 0.5) is 5.95 Å². The summed E-state index contributed by atoms with van der Waals surface area (Å²) < 4.78 is 1.07. The van der Waals surface area contributed by atoms with Gasteiger partial charge in [-0.15, -0.1) is 0 Å². The van der Waals surface area contributed by atoms with Crippen molar-refractivity contribution < 1.29 is 9.90 Å². The van der Waals surface area contributed by atoms with Crippen molar-refractivity contribution in [1.29, 1.82) is 0 Å². The number of hydrogen-bond donors (Lipinski definition) is 2. The zero-order valence-electron chi connectivity index (χ0n) is 9.46. The van der Waals surface area contributed by atoms with E-state index in [9.17, 15) is 9.59 Å². The van der Waals surface area contributed by atoms with E-state index in [4.69, 9.17) is 5.11 Å². The largest absolute Gasteiger partial charge is 0.477 e. The van der Waals surface area contributed by atoms with Crippen molar-refractivity contribution in [3.05, 3.63) is 22.1 Å². The van der Waals surface area contributed by atoms with Crippen LogP contribution >= 0.6 is 0 Å². The summed E-state index contributed by atoms with van der Waals surface area (Å²) in [5.74, 6) is -0.550. The molecular weight excluding hydrogens is 238 g/mol. The molecule has 1 fully saturated rings. The van der Waals surface area contributed by atoms with Crippen molar-refractivity contribution in [2.75, 3.05) is 18.0 Å². The molecule has 2 aromatic rings. The minimum absolute atomic E-state index is 0.187. The van der Waals surface area contributed by atoms with E-state index in [1.807, 2.05) is 4.90 Å². The highest BCUT2D eigenvalue weighted by atomic mass is 16.4. The average Bonchev–Trinajstić information content (AvgIpc) is 2.97. The second-order valence-corrected chi connectivity index (χ2v) is 4.16. The average molecular weight is 249 g/mol. The van der Waals surface area contributed by atoms with E-state index in [0.29, 0.717) is 5.95 Å². The molecule has 94 valence electrons. The Morgan fingerprint density at radius 3 is 2.78 bits per heavy atom. The molecule has 8 heteroatoms. The highest BCUT2D eigenvalue weighted by Crippen LogP contribution is 2.15. The number of carboxylic acid groups (broad SMARTS) is 1. The van der Waals surface area contributed by atoms with Crippen LogP contribution in [-0.4, -0.2) is 43.7 Å². The first-order chi connectivity index (χ1) is 8.66. The smallest absolute Gasteiger partial charge is 0.343 e. The van der Waals surface area contributed by atoms with Gasteiger partial charge in [-0.25, -0.2) is 9.78 Å². The minimum Gasteiger partial charge on any atom is -0.477 e. The second-order valence-electron chi connectivity index (χ2n) is 4.16. The number of aromatic carboxylic acids is 1. The van der Waals surface area contributed by atoms with E-state index in [1.165, 1.54) is 0 Å². The molecular formula is C10H11N5O3. The molecule has 1 aliphatic heterocycles. The number of carbonyl (C=O) groups is 1. The first kappa shape index (κ1) is 10.8. The van der Waals surface area contributed by atoms with Gasteiger partial charge >= 0.3 is 5.97 Å². The molecule has 0 amide bonds. The van der Waals surface area contributed by atoms with Gasteiger partial charge in [-0.1, -0.05) is 0 Å². The number of rotatable bonds is 2. The lowest BCUT2D eigenvalue weighted by atomic mass is 10.3. The maximum Gasteiger partial charge on any atom is 0.343 e. The van der Waals surface area contributed by atoms with Gasteiger partial charge in [0.25, 0.3) is 11.3 Å². The predicted octanol–water partition coefficient (Wildman–Crippen LogP) is -0.284. The number of fused-ring (bicyclic) bond motifs is 1. The SMILES string of the molecule is O=C(O)c1cnc2nc(N3CCCC3)[nH]n2c1=O. The summed E-state index contributed by atoms with van der Waals surface area (Å²) in [5.41, 5.74) is -1.02. The van der Waals surface area contributed by atoms with Crippen LogP contribution in [0, 0.1) is 0 Å². The van der Waals surface area contributed by atoms with Gasteiger partial charge in [0.15, 0.2) is 0 Å². The van der Waals surface area contributed by atoms with Gasteiger partial charge < -0.3 is 10.0 Å². The van der Waals surface area contributed by atoms with Crippen molar-refractivity contribution >= 4 is 17.7 Å². The molecule has 0 radical (unpaired) electrons. The molecule has 3 rings (SSSR count). The Hall–Kier alpha value is -2.38. The van der Waals surface area contributed by atoms with Gasteiger partial charge in [0.1, 0.15) is 5.56 Å². The number of carboxylic acids is 1. The Morgan fingerprint density at radius 2 is 2.11 bits per heavy atom. The van der Waals surface area contributed by atoms with Crippen molar-refractivity contribution in [2.45, 2.75) is 12.8 Å². The molecule has 2 aromatic heterocycles. The number of nitrogens with zero attached hydrogens (tertiary/aromatic N) is 4. The second kappa shape index (κ2) is 3.83. The Labute approximate surface area is 101 Å². The van der Waals surface area contributed by atoms with Crippen LogP contribution in [-0.2, 0) is 0 Å². The lowest BCUT2D eigenvalue weighted by Gasteiger charge is -2.11. The molecule has 0 bridgehead atoms. The van der Waals surface area contributed by atoms with E-state index in [0.717, 1.165) is 36.6 Å². The molecule has 18 heavy (non-hydrogen) atoms. The van der Waals surface area contributed by atoms with Crippen LogP contribution in [0.3, 0.4) is 0 Å². The number of nitrogens with one attached hydrogen (secondary N) is 1. The van der Waals surface area contributed by atoms with Crippen molar-refractivity contribution in [3.8, 4) is 0 Å². The standard InChI is InChI=1S/C10H11N5O3/c16-7-6(8(17)18)5-11-9-12-10(13-15(7)9)14-3-1-2-4-14/h5H,1-4H2,(H,17,18)(H,11,12,13). The fourth-order valence-electron chi connectivity index (χ4n) is 2.06. The van der Waals surface area contributed by atoms with Gasteiger partial charge in [-0.3, -0.25) is 9.89 Å². The lowest BCUT2D eigenvalue weighted by Crippen LogP contribution is -2.23. The molecule has 3 heterocycles. The molecule has 0 aromatic carbocycles. The normalized spacial score (nSPS) is 15.4. The summed E-state index contributed by atoms with van der Waals surface area (Å²) in [5, 5.41) is 11.6. The summed E-state index contributed by atoms with van der Waals surface area (Å²) in [6.07, 6.45) is 3.20. The van der Waals surface area contributed by atoms with E-state index >= 15 is 0 Å². The molecule has 1 saturated heterocycles. The molecule has 0 aliphatic carbocycles. The van der Waals surface area contributed by atoms with Crippen LogP contribution in [0.2, 0.25) is 0 Å². The Balaban J connectivity index is 2.14. The third-order valence-electron chi connectivity index (χ3n) is 3.00. The van der Waals surface area contributed by atoms with Crippen molar-refractivity contribution in [1.82, 2.24) is 19.6 Å². The zero-order chi connectivity index (χ0) is 12.7. The van der Waals surface area contributed by atoms with Crippen molar-refractivity contribution in [3.63, 3.8) is 0 Å². The molecule has 0 saturated carbocycles. The fraction of sp³-hybridized carbons (Fsp3) is 0.400. The van der Waals surface area contributed by atoms with Crippen LogP contribution in [0.15, 0.2) is 11.0 Å². The molecule has 8 nitrogen and oxygen atoms in total. The summed E-state index contributed by atoms with van der Waals surface area (Å²) in [6.45, 7) is 1.75. The van der Waals surface area contributed by atoms with Crippen LogP contribution in [0.25, 0.3) is 5.78 Å². The van der Waals surface area contributed by atoms with E-state index in [1.54, 1.807) is 0 Å². The topological polar surface area (TPSA) is 104 Å². The molecule has 0 unspecified atom stereocenters. The zero-order valence-corrected chi connectivity index (χ0v) is 9.46. The highest BCUT2D eigenvalue weighted by molar-refractivity contribution is 5.86. The van der Waals surface area contributed by atoms with Gasteiger partial charge in [0.2, 0.25) is 5.95 Å². The van der Waals surface area contributed by atoms with Crippen LogP contribution < -0.4 is 10.5 Å². The van der Waals surface area contributed by atoms with Gasteiger partial charge in [-0.2, -0.15) is 9.50 Å².